The van der Waals surface area contributed by atoms with Gasteiger partial charge in [0, 0.05) is 11.1 Å². The van der Waals surface area contributed by atoms with Crippen molar-refractivity contribution in [3.05, 3.63) is 77.0 Å². The van der Waals surface area contributed by atoms with E-state index in [0.717, 1.165) is 41.4 Å². The number of benzene rings is 2. The molecular weight excluding hydrogens is 498 g/mol. The standard InChI is InChI=1S/C34H49NO3Si/c1-8-9-10-11-12-13-23-34(33(2,3)4,38-39(6)7)29-20-18-27-19-22-30(35-31(27)25-29)21-17-26-15-14-16-28(24-26)32(36)37-5/h14-16,18-20,22,24-25,39H,8-13,17,21,23H2,1-7H3. The molecule has 1 atom stereocenters. The lowest BCUT2D eigenvalue weighted by Crippen LogP contribution is -2.45. The molecule has 0 radical (unpaired) electrons. The number of aromatic nitrogens is 1. The van der Waals surface area contributed by atoms with E-state index in [0.29, 0.717) is 5.56 Å². The van der Waals surface area contributed by atoms with Crippen LogP contribution in [0.1, 0.15) is 99.8 Å². The summed E-state index contributed by atoms with van der Waals surface area (Å²) in [6, 6.07) is 18.8. The number of fused-ring (bicyclic) bond motifs is 1. The highest BCUT2D eigenvalue weighted by Gasteiger charge is 2.44. The third kappa shape index (κ3) is 8.25. The Balaban J connectivity index is 1.87. The van der Waals surface area contributed by atoms with E-state index in [4.69, 9.17) is 14.1 Å². The molecule has 0 fully saturated rings. The summed E-state index contributed by atoms with van der Waals surface area (Å²) in [5.74, 6) is -0.303. The zero-order valence-corrected chi connectivity index (χ0v) is 26.5. The van der Waals surface area contributed by atoms with E-state index in [-0.39, 0.29) is 17.0 Å². The largest absolute Gasteiger partial charge is 0.465 e. The maximum absolute atomic E-state index is 11.9. The molecule has 5 heteroatoms. The van der Waals surface area contributed by atoms with Crippen LogP contribution in [0.5, 0.6) is 0 Å². The fourth-order valence-corrected chi connectivity index (χ4v) is 7.02. The van der Waals surface area contributed by atoms with Crippen LogP contribution in [0, 0.1) is 5.41 Å². The Kier molecular flexibility index (Phi) is 11.3. The molecule has 1 aromatic heterocycles. The number of carbonyl (C=O) groups is 1. The SMILES string of the molecule is CCCCCCCCC(O[SiH](C)C)(c1ccc2ccc(CCc3cccc(C(=O)OC)c3)nc2c1)C(C)(C)C. The normalized spacial score (nSPS) is 13.5. The highest BCUT2D eigenvalue weighted by atomic mass is 28.3. The molecule has 1 unspecified atom stereocenters. The number of carbonyl (C=O) groups excluding carboxylic acids is 1. The fraction of sp³-hybridized carbons (Fsp3) is 0.529. The van der Waals surface area contributed by atoms with Crippen molar-refractivity contribution in [1.82, 2.24) is 4.98 Å². The summed E-state index contributed by atoms with van der Waals surface area (Å²) in [7, 11) is 0.0946. The number of aryl methyl sites for hydroxylation is 2. The van der Waals surface area contributed by atoms with Gasteiger partial charge >= 0.3 is 5.97 Å². The Morgan fingerprint density at radius 1 is 0.897 bits per heavy atom. The van der Waals surface area contributed by atoms with Gasteiger partial charge in [0.1, 0.15) is 0 Å². The lowest BCUT2D eigenvalue weighted by molar-refractivity contribution is -0.0505. The van der Waals surface area contributed by atoms with Gasteiger partial charge in [0.05, 0.1) is 23.8 Å². The monoisotopic (exact) mass is 547 g/mol. The van der Waals surface area contributed by atoms with Gasteiger partial charge in [-0.1, -0.05) is 96.6 Å². The predicted octanol–water partition coefficient (Wildman–Crippen LogP) is 8.80. The number of pyridine rings is 1. The summed E-state index contributed by atoms with van der Waals surface area (Å²) in [6.45, 7) is 13.8. The number of ether oxygens (including phenoxy) is 1. The van der Waals surface area contributed by atoms with Gasteiger partial charge in [0.25, 0.3) is 0 Å². The molecule has 0 aliphatic rings. The lowest BCUT2D eigenvalue weighted by atomic mass is 9.69. The first-order valence-electron chi connectivity index (χ1n) is 14.8. The van der Waals surface area contributed by atoms with Crippen LogP contribution in [0.2, 0.25) is 13.1 Å². The van der Waals surface area contributed by atoms with Gasteiger partial charge in [0.15, 0.2) is 9.04 Å². The second-order valence-corrected chi connectivity index (χ2v) is 14.5. The summed E-state index contributed by atoms with van der Waals surface area (Å²) in [4.78, 5) is 17.0. The first-order valence-corrected chi connectivity index (χ1v) is 17.6. The first kappa shape index (κ1) is 31.0. The molecule has 0 N–H and O–H groups in total. The third-order valence-corrected chi connectivity index (χ3v) is 8.64. The smallest absolute Gasteiger partial charge is 0.337 e. The molecule has 0 spiro atoms. The van der Waals surface area contributed by atoms with Crippen molar-refractivity contribution < 1.29 is 14.0 Å². The quantitative estimate of drug-likeness (QED) is 0.115. The number of unbranched alkanes of at least 4 members (excludes halogenated alkanes) is 5. The molecule has 0 saturated heterocycles. The third-order valence-electron chi connectivity index (χ3n) is 7.76. The molecule has 4 nitrogen and oxygen atoms in total. The molecule has 3 rings (SSSR count). The molecule has 212 valence electrons. The summed E-state index contributed by atoms with van der Waals surface area (Å²) in [5, 5.41) is 1.15. The fourth-order valence-electron chi connectivity index (χ4n) is 5.61. The number of methoxy groups -OCH3 is 1. The van der Waals surface area contributed by atoms with E-state index in [1.807, 2.05) is 12.1 Å². The van der Waals surface area contributed by atoms with Crippen molar-refractivity contribution in [1.29, 1.82) is 0 Å². The van der Waals surface area contributed by atoms with Crippen molar-refractivity contribution in [2.24, 2.45) is 5.41 Å². The Labute approximate surface area is 238 Å². The molecule has 1 heterocycles. The number of esters is 1. The average Bonchev–Trinajstić information content (AvgIpc) is 2.91. The Bertz CT molecular complexity index is 1220. The summed E-state index contributed by atoms with van der Waals surface area (Å²) in [5.41, 5.74) is 4.67. The Morgan fingerprint density at radius 2 is 1.62 bits per heavy atom. The van der Waals surface area contributed by atoms with Gasteiger partial charge in [-0.05, 0) is 73.2 Å². The molecule has 2 aromatic carbocycles. The molecule has 0 bridgehead atoms. The second kappa shape index (κ2) is 14.2. The van der Waals surface area contributed by atoms with Crippen LogP contribution in [0.15, 0.2) is 54.6 Å². The van der Waals surface area contributed by atoms with Gasteiger partial charge in [-0.3, -0.25) is 4.98 Å². The lowest BCUT2D eigenvalue weighted by Gasteiger charge is -2.47. The van der Waals surface area contributed by atoms with Crippen LogP contribution in [0.25, 0.3) is 10.9 Å². The van der Waals surface area contributed by atoms with E-state index in [2.05, 4.69) is 77.2 Å². The summed E-state index contributed by atoms with van der Waals surface area (Å²) in [6.07, 6.45) is 10.3. The average molecular weight is 548 g/mol. The van der Waals surface area contributed by atoms with Crippen LogP contribution >= 0.6 is 0 Å². The minimum atomic E-state index is -1.32. The van der Waals surface area contributed by atoms with Crippen LogP contribution in [-0.4, -0.2) is 27.1 Å². The van der Waals surface area contributed by atoms with E-state index in [1.165, 1.54) is 51.2 Å². The van der Waals surface area contributed by atoms with Gasteiger partial charge in [0.2, 0.25) is 0 Å². The van der Waals surface area contributed by atoms with Gasteiger partial charge < -0.3 is 9.16 Å². The predicted molar refractivity (Wildman–Crippen MR) is 166 cm³/mol. The van der Waals surface area contributed by atoms with Gasteiger partial charge in [-0.15, -0.1) is 0 Å². The van der Waals surface area contributed by atoms with Gasteiger partial charge in [-0.2, -0.15) is 0 Å². The van der Waals surface area contributed by atoms with Crippen LogP contribution < -0.4 is 0 Å². The maximum atomic E-state index is 11.9. The van der Waals surface area contributed by atoms with Crippen LogP contribution in [0.4, 0.5) is 0 Å². The molecule has 3 aromatic rings. The summed E-state index contributed by atoms with van der Waals surface area (Å²) < 4.78 is 11.9. The van der Waals surface area contributed by atoms with Crippen molar-refractivity contribution >= 4 is 25.9 Å². The molecule has 0 aliphatic carbocycles. The van der Waals surface area contributed by atoms with E-state index in [9.17, 15) is 4.79 Å². The molecule has 0 amide bonds. The van der Waals surface area contributed by atoms with Crippen molar-refractivity contribution in [2.45, 2.75) is 104 Å². The highest BCUT2D eigenvalue weighted by molar-refractivity contribution is 6.48. The van der Waals surface area contributed by atoms with Crippen LogP contribution in [-0.2, 0) is 27.6 Å². The zero-order valence-electron chi connectivity index (χ0n) is 25.3. The molecule has 39 heavy (non-hydrogen) atoms. The second-order valence-electron chi connectivity index (χ2n) is 12.2. The van der Waals surface area contributed by atoms with Crippen LogP contribution in [0.3, 0.4) is 0 Å². The minimum absolute atomic E-state index is 0.0381. The molecule has 0 saturated carbocycles. The molecular formula is C34H49NO3Si. The Hall–Kier alpha value is -2.50. The first-order chi connectivity index (χ1) is 18.6. The molecule has 0 aliphatic heterocycles. The van der Waals surface area contributed by atoms with Gasteiger partial charge in [-0.25, -0.2) is 4.79 Å². The number of hydrogen-bond acceptors (Lipinski definition) is 4. The highest BCUT2D eigenvalue weighted by Crippen LogP contribution is 2.47. The Morgan fingerprint density at radius 3 is 2.31 bits per heavy atom. The number of rotatable bonds is 14. The van der Waals surface area contributed by atoms with E-state index < -0.39 is 9.04 Å². The minimum Gasteiger partial charge on any atom is -0.465 e. The van der Waals surface area contributed by atoms with Crippen molar-refractivity contribution in [2.75, 3.05) is 7.11 Å². The van der Waals surface area contributed by atoms with E-state index in [1.54, 1.807) is 6.07 Å². The number of hydrogen-bond donors (Lipinski definition) is 0. The van der Waals surface area contributed by atoms with E-state index >= 15 is 0 Å². The number of nitrogens with zero attached hydrogens (tertiary/aromatic N) is 1. The van der Waals surface area contributed by atoms with Crippen molar-refractivity contribution in [3.63, 3.8) is 0 Å². The summed E-state index contributed by atoms with van der Waals surface area (Å²) >= 11 is 0. The maximum Gasteiger partial charge on any atom is 0.337 e. The van der Waals surface area contributed by atoms with Crippen molar-refractivity contribution in [3.8, 4) is 0 Å². The zero-order chi connectivity index (χ0) is 28.5. The topological polar surface area (TPSA) is 48.4 Å².